The molecule has 0 fully saturated rings. The first-order chi connectivity index (χ1) is 10.5. The van der Waals surface area contributed by atoms with Gasteiger partial charge in [0.25, 0.3) is 0 Å². The number of hydrogen-bond acceptors (Lipinski definition) is 3. The molecule has 0 radical (unpaired) electrons. The summed E-state index contributed by atoms with van der Waals surface area (Å²) >= 11 is 5.97. The van der Waals surface area contributed by atoms with Gasteiger partial charge in [-0.25, -0.2) is 9.18 Å². The molecule has 0 aromatic heterocycles. The van der Waals surface area contributed by atoms with E-state index in [0.717, 1.165) is 23.8 Å². The van der Waals surface area contributed by atoms with Crippen molar-refractivity contribution in [1.29, 1.82) is 0 Å². The first-order valence-electron chi connectivity index (χ1n) is 6.83. The molecule has 0 saturated heterocycles. The largest absolute Gasteiger partial charge is 0.467 e. The van der Waals surface area contributed by atoms with E-state index in [4.69, 9.17) is 17.3 Å². The number of esters is 1. The first-order valence-corrected chi connectivity index (χ1v) is 7.21. The summed E-state index contributed by atoms with van der Waals surface area (Å²) in [5.41, 5.74) is 8.56. The number of nitrogens with two attached hydrogens (primary N) is 1. The summed E-state index contributed by atoms with van der Waals surface area (Å²) in [6.07, 6.45) is -1.57. The smallest absolute Gasteiger partial charge is 0.342 e. The molecule has 0 heterocycles. The third kappa shape index (κ3) is 5.20. The number of alkyl halides is 1. The summed E-state index contributed by atoms with van der Waals surface area (Å²) in [4.78, 5) is 11.1. The van der Waals surface area contributed by atoms with Crippen LogP contribution in [0.1, 0.15) is 5.56 Å². The summed E-state index contributed by atoms with van der Waals surface area (Å²) in [5.74, 6) is -0.942. The third-order valence-electron chi connectivity index (χ3n) is 3.39. The van der Waals surface area contributed by atoms with Gasteiger partial charge in [-0.3, -0.25) is 0 Å². The zero-order valence-corrected chi connectivity index (χ0v) is 14.1. The van der Waals surface area contributed by atoms with E-state index >= 15 is 0 Å². The summed E-state index contributed by atoms with van der Waals surface area (Å²) in [7, 11) is 1.14. The fourth-order valence-electron chi connectivity index (χ4n) is 2.16. The maximum Gasteiger partial charge on any atom is 0.342 e. The highest BCUT2D eigenvalue weighted by Crippen LogP contribution is 2.23. The van der Waals surface area contributed by atoms with Gasteiger partial charge in [0.2, 0.25) is 6.17 Å². The van der Waals surface area contributed by atoms with Gasteiger partial charge in [0.15, 0.2) is 0 Å². The third-order valence-corrected chi connectivity index (χ3v) is 3.62. The maximum absolute atomic E-state index is 13.7. The highest BCUT2D eigenvalue weighted by Gasteiger charge is 2.25. The molecule has 2 N–H and O–H groups in total. The Labute approximate surface area is 146 Å². The molecular formula is C17H18Cl2FNO2. The van der Waals surface area contributed by atoms with Gasteiger partial charge in [-0.1, -0.05) is 48.0 Å². The van der Waals surface area contributed by atoms with Gasteiger partial charge in [0.05, 0.1) is 13.2 Å². The van der Waals surface area contributed by atoms with Crippen molar-refractivity contribution in [3.63, 3.8) is 0 Å². The molecule has 0 aliphatic rings. The second kappa shape index (κ2) is 8.87. The van der Waals surface area contributed by atoms with Crippen molar-refractivity contribution < 1.29 is 13.9 Å². The monoisotopic (exact) mass is 357 g/mol. The van der Waals surface area contributed by atoms with Crippen molar-refractivity contribution >= 4 is 30.0 Å². The molecule has 124 valence electrons. The SMILES string of the molecule is COC(=O)[C@@H](F)[C@H](N)Cc1ccc(-c2cccc(Cl)c2)cc1.Cl. The molecule has 2 aromatic carbocycles. The van der Waals surface area contributed by atoms with Crippen LogP contribution in [0, 0.1) is 0 Å². The molecule has 2 aromatic rings. The predicted molar refractivity (Wildman–Crippen MR) is 92.7 cm³/mol. The van der Waals surface area contributed by atoms with E-state index in [9.17, 15) is 9.18 Å². The normalized spacial score (nSPS) is 12.9. The quantitative estimate of drug-likeness (QED) is 0.827. The van der Waals surface area contributed by atoms with Crippen molar-refractivity contribution in [2.45, 2.75) is 18.6 Å². The molecule has 0 unspecified atom stereocenters. The van der Waals surface area contributed by atoms with Crippen LogP contribution in [0.15, 0.2) is 48.5 Å². The van der Waals surface area contributed by atoms with Gasteiger partial charge < -0.3 is 10.5 Å². The van der Waals surface area contributed by atoms with E-state index < -0.39 is 18.2 Å². The van der Waals surface area contributed by atoms with E-state index in [1.54, 1.807) is 0 Å². The van der Waals surface area contributed by atoms with Crippen LogP contribution in [0.4, 0.5) is 4.39 Å². The standard InChI is InChI=1S/C17H17ClFNO2.ClH/c1-22-17(21)16(19)15(20)9-11-5-7-12(8-6-11)13-3-2-4-14(18)10-13;/h2-8,10,15-16H,9,20H2,1H3;1H/t15-,16+;/m1./s1. The number of benzene rings is 2. The zero-order chi connectivity index (χ0) is 16.1. The van der Waals surface area contributed by atoms with Crippen LogP contribution in [0.5, 0.6) is 0 Å². The van der Waals surface area contributed by atoms with Gasteiger partial charge in [-0.15, -0.1) is 12.4 Å². The van der Waals surface area contributed by atoms with Gasteiger partial charge >= 0.3 is 5.97 Å². The molecule has 23 heavy (non-hydrogen) atoms. The minimum atomic E-state index is -1.82. The minimum absolute atomic E-state index is 0. The van der Waals surface area contributed by atoms with Crippen molar-refractivity contribution in [2.24, 2.45) is 5.73 Å². The van der Waals surface area contributed by atoms with E-state index in [1.807, 2.05) is 48.5 Å². The maximum atomic E-state index is 13.7. The Balaban J connectivity index is 0.00000264. The van der Waals surface area contributed by atoms with E-state index in [2.05, 4.69) is 4.74 Å². The molecule has 0 spiro atoms. The number of carbonyl (C=O) groups excluding carboxylic acids is 1. The van der Waals surface area contributed by atoms with E-state index in [-0.39, 0.29) is 18.8 Å². The second-order valence-electron chi connectivity index (χ2n) is 5.00. The zero-order valence-electron chi connectivity index (χ0n) is 12.5. The van der Waals surface area contributed by atoms with Gasteiger partial charge in [-0.05, 0) is 35.2 Å². The Morgan fingerprint density at radius 2 is 1.87 bits per heavy atom. The molecular weight excluding hydrogens is 340 g/mol. The van der Waals surface area contributed by atoms with Gasteiger partial charge in [0, 0.05) is 5.02 Å². The summed E-state index contributed by atoms with van der Waals surface area (Å²) in [5, 5.41) is 0.668. The Bertz CT molecular complexity index is 649. The van der Waals surface area contributed by atoms with Crippen molar-refractivity contribution in [3.05, 3.63) is 59.1 Å². The Kier molecular flexibility index (Phi) is 7.49. The van der Waals surface area contributed by atoms with Crippen LogP contribution in [-0.4, -0.2) is 25.3 Å². The number of hydrogen-bond donors (Lipinski definition) is 1. The summed E-state index contributed by atoms with van der Waals surface area (Å²) < 4.78 is 18.0. The molecule has 3 nitrogen and oxygen atoms in total. The van der Waals surface area contributed by atoms with Crippen LogP contribution >= 0.6 is 24.0 Å². The van der Waals surface area contributed by atoms with Gasteiger partial charge in [0.1, 0.15) is 0 Å². The lowest BCUT2D eigenvalue weighted by Gasteiger charge is -2.15. The molecule has 0 saturated carbocycles. The highest BCUT2D eigenvalue weighted by molar-refractivity contribution is 6.30. The van der Waals surface area contributed by atoms with Crippen molar-refractivity contribution in [2.75, 3.05) is 7.11 Å². The first kappa shape index (κ1) is 19.4. The highest BCUT2D eigenvalue weighted by atomic mass is 35.5. The average molecular weight is 358 g/mol. The van der Waals surface area contributed by atoms with E-state index in [0.29, 0.717) is 5.02 Å². The molecule has 0 aliphatic carbocycles. The molecule has 0 amide bonds. The number of halogens is 3. The van der Waals surface area contributed by atoms with Crippen LogP contribution in [0.3, 0.4) is 0 Å². The number of rotatable bonds is 5. The number of methoxy groups -OCH3 is 1. The lowest BCUT2D eigenvalue weighted by atomic mass is 9.99. The number of ether oxygens (including phenoxy) is 1. The molecule has 2 atom stereocenters. The van der Waals surface area contributed by atoms with Crippen LogP contribution in [0.25, 0.3) is 11.1 Å². The molecule has 0 bridgehead atoms. The van der Waals surface area contributed by atoms with Crippen molar-refractivity contribution in [1.82, 2.24) is 0 Å². The Hall–Kier alpha value is -1.62. The molecule has 6 heteroatoms. The van der Waals surface area contributed by atoms with Gasteiger partial charge in [-0.2, -0.15) is 0 Å². The summed E-state index contributed by atoms with van der Waals surface area (Å²) in [6, 6.07) is 14.2. The second-order valence-corrected chi connectivity index (χ2v) is 5.44. The number of carbonyl (C=O) groups is 1. The Morgan fingerprint density at radius 3 is 2.43 bits per heavy atom. The fraction of sp³-hybridized carbons (Fsp3) is 0.235. The predicted octanol–water partition coefficient (Wildman–Crippen LogP) is 3.81. The summed E-state index contributed by atoms with van der Waals surface area (Å²) in [6.45, 7) is 0. The van der Waals surface area contributed by atoms with Crippen LogP contribution in [-0.2, 0) is 16.0 Å². The Morgan fingerprint density at radius 1 is 1.22 bits per heavy atom. The minimum Gasteiger partial charge on any atom is -0.467 e. The molecule has 0 aliphatic heterocycles. The van der Waals surface area contributed by atoms with Crippen LogP contribution in [0.2, 0.25) is 5.02 Å². The average Bonchev–Trinajstić information content (AvgIpc) is 2.54. The lowest BCUT2D eigenvalue weighted by Crippen LogP contribution is -2.39. The van der Waals surface area contributed by atoms with Crippen molar-refractivity contribution in [3.8, 4) is 11.1 Å². The lowest BCUT2D eigenvalue weighted by molar-refractivity contribution is -0.147. The topological polar surface area (TPSA) is 52.3 Å². The van der Waals surface area contributed by atoms with E-state index in [1.165, 1.54) is 0 Å². The van der Waals surface area contributed by atoms with Crippen LogP contribution < -0.4 is 5.73 Å². The fourth-order valence-corrected chi connectivity index (χ4v) is 2.35. The molecule has 2 rings (SSSR count).